The highest BCUT2D eigenvalue weighted by Crippen LogP contribution is 2.14. The molecule has 29 heavy (non-hydrogen) atoms. The standard InChI is InChI=1S/C22H17FN4O2/c1-14-4-2-6-19(25-14)26-21(28)18-12-16-5-3-11-24-20(16)27(22(18)29)13-15-7-9-17(23)10-8-15/h2-12H,13H2,1H3,(H,25,26,28). The molecule has 0 bridgehead atoms. The summed E-state index contributed by atoms with van der Waals surface area (Å²) >= 11 is 0. The first kappa shape index (κ1) is 18.5. The summed E-state index contributed by atoms with van der Waals surface area (Å²) in [5, 5.41) is 3.32. The fraction of sp³-hybridized carbons (Fsp3) is 0.0909. The molecule has 1 amide bonds. The number of aryl methyl sites for hydroxylation is 1. The Kier molecular flexibility index (Phi) is 4.87. The Balaban J connectivity index is 1.78. The molecule has 1 N–H and O–H groups in total. The number of amides is 1. The van der Waals surface area contributed by atoms with Crippen molar-refractivity contribution in [1.29, 1.82) is 0 Å². The van der Waals surface area contributed by atoms with Crippen LogP contribution in [0.5, 0.6) is 0 Å². The van der Waals surface area contributed by atoms with Gasteiger partial charge in [0, 0.05) is 17.3 Å². The topological polar surface area (TPSA) is 76.9 Å². The second kappa shape index (κ2) is 7.63. The zero-order valence-corrected chi connectivity index (χ0v) is 15.6. The first-order valence-corrected chi connectivity index (χ1v) is 8.99. The van der Waals surface area contributed by atoms with Crippen molar-refractivity contribution in [2.75, 3.05) is 5.32 Å². The van der Waals surface area contributed by atoms with Crippen LogP contribution in [0, 0.1) is 12.7 Å². The minimum atomic E-state index is -0.549. The molecule has 0 saturated carbocycles. The minimum absolute atomic E-state index is 0.0177. The molecule has 7 heteroatoms. The zero-order chi connectivity index (χ0) is 20.4. The number of benzene rings is 1. The molecular formula is C22H17FN4O2. The van der Waals surface area contributed by atoms with Crippen LogP contribution in [0.1, 0.15) is 21.6 Å². The Labute approximate surface area is 165 Å². The fourth-order valence-electron chi connectivity index (χ4n) is 3.08. The van der Waals surface area contributed by atoms with Gasteiger partial charge in [0.05, 0.1) is 6.54 Å². The van der Waals surface area contributed by atoms with E-state index in [0.717, 1.165) is 11.3 Å². The van der Waals surface area contributed by atoms with E-state index in [1.807, 2.05) is 13.0 Å². The first-order valence-electron chi connectivity index (χ1n) is 8.99. The number of carbonyl (C=O) groups excluding carboxylic acids is 1. The van der Waals surface area contributed by atoms with Crippen molar-refractivity contribution in [3.8, 4) is 0 Å². The number of nitrogens with one attached hydrogen (secondary N) is 1. The molecule has 0 spiro atoms. The lowest BCUT2D eigenvalue weighted by Gasteiger charge is -2.12. The Morgan fingerprint density at radius 1 is 1.10 bits per heavy atom. The summed E-state index contributed by atoms with van der Waals surface area (Å²) in [6, 6.07) is 16.1. The van der Waals surface area contributed by atoms with Gasteiger partial charge in [0.2, 0.25) is 0 Å². The maximum absolute atomic E-state index is 13.2. The number of rotatable bonds is 4. The minimum Gasteiger partial charge on any atom is -0.306 e. The highest BCUT2D eigenvalue weighted by molar-refractivity contribution is 6.05. The molecule has 0 fully saturated rings. The van der Waals surface area contributed by atoms with E-state index in [2.05, 4.69) is 15.3 Å². The van der Waals surface area contributed by atoms with E-state index in [4.69, 9.17) is 0 Å². The first-order chi connectivity index (χ1) is 14.0. The molecule has 3 aromatic heterocycles. The van der Waals surface area contributed by atoms with E-state index in [1.54, 1.807) is 42.6 Å². The third-order valence-corrected chi connectivity index (χ3v) is 4.48. The molecule has 6 nitrogen and oxygen atoms in total. The molecule has 0 saturated heterocycles. The summed E-state index contributed by atoms with van der Waals surface area (Å²) in [5.74, 6) is -0.541. The number of aromatic nitrogens is 3. The largest absolute Gasteiger partial charge is 0.306 e. The van der Waals surface area contributed by atoms with Crippen molar-refractivity contribution in [2.24, 2.45) is 0 Å². The van der Waals surface area contributed by atoms with Gasteiger partial charge in [-0.3, -0.25) is 14.2 Å². The van der Waals surface area contributed by atoms with E-state index >= 15 is 0 Å². The third kappa shape index (κ3) is 3.89. The van der Waals surface area contributed by atoms with Crippen LogP contribution in [0.25, 0.3) is 11.0 Å². The number of nitrogens with zero attached hydrogens (tertiary/aromatic N) is 3. The maximum Gasteiger partial charge on any atom is 0.265 e. The Morgan fingerprint density at radius 2 is 1.90 bits per heavy atom. The molecular weight excluding hydrogens is 371 g/mol. The van der Waals surface area contributed by atoms with Gasteiger partial charge in [-0.05, 0) is 55.0 Å². The molecule has 0 unspecified atom stereocenters. The second-order valence-corrected chi connectivity index (χ2v) is 6.61. The van der Waals surface area contributed by atoms with E-state index in [1.165, 1.54) is 22.8 Å². The summed E-state index contributed by atoms with van der Waals surface area (Å²) in [6.45, 7) is 1.98. The van der Waals surface area contributed by atoms with Gasteiger partial charge in [-0.15, -0.1) is 0 Å². The molecule has 4 aromatic rings. The van der Waals surface area contributed by atoms with Crippen LogP contribution in [0.4, 0.5) is 10.2 Å². The average molecular weight is 388 g/mol. The van der Waals surface area contributed by atoms with Gasteiger partial charge in [0.1, 0.15) is 22.8 Å². The van der Waals surface area contributed by atoms with Crippen LogP contribution in [0.2, 0.25) is 0 Å². The lowest BCUT2D eigenvalue weighted by atomic mass is 10.1. The molecule has 3 heterocycles. The van der Waals surface area contributed by atoms with E-state index in [0.29, 0.717) is 16.9 Å². The molecule has 0 atom stereocenters. The number of pyridine rings is 3. The Hall–Kier alpha value is -3.87. The SMILES string of the molecule is Cc1cccc(NC(=O)c2cc3cccnc3n(Cc3ccc(F)cc3)c2=O)n1. The number of hydrogen-bond donors (Lipinski definition) is 1. The number of anilines is 1. The molecule has 0 aliphatic carbocycles. The van der Waals surface area contributed by atoms with Gasteiger partial charge in [-0.25, -0.2) is 14.4 Å². The smallest absolute Gasteiger partial charge is 0.265 e. The van der Waals surface area contributed by atoms with Gasteiger partial charge >= 0.3 is 0 Å². The van der Waals surface area contributed by atoms with E-state index in [9.17, 15) is 14.0 Å². The summed E-state index contributed by atoms with van der Waals surface area (Å²) in [4.78, 5) is 34.5. The number of halogens is 1. The van der Waals surface area contributed by atoms with Crippen molar-refractivity contribution >= 4 is 22.8 Å². The molecule has 0 aliphatic heterocycles. The van der Waals surface area contributed by atoms with Crippen LogP contribution in [0.3, 0.4) is 0 Å². The normalized spacial score (nSPS) is 10.8. The quantitative estimate of drug-likeness (QED) is 0.580. The van der Waals surface area contributed by atoms with E-state index in [-0.39, 0.29) is 17.9 Å². The maximum atomic E-state index is 13.2. The monoisotopic (exact) mass is 388 g/mol. The number of hydrogen-bond acceptors (Lipinski definition) is 4. The molecule has 0 radical (unpaired) electrons. The van der Waals surface area contributed by atoms with Gasteiger partial charge in [0.25, 0.3) is 11.5 Å². The van der Waals surface area contributed by atoms with Crippen molar-refractivity contribution in [3.05, 3.63) is 99.9 Å². The predicted molar refractivity (Wildman–Crippen MR) is 108 cm³/mol. The van der Waals surface area contributed by atoms with Crippen molar-refractivity contribution in [3.63, 3.8) is 0 Å². The number of fused-ring (bicyclic) bond motifs is 1. The Morgan fingerprint density at radius 3 is 2.66 bits per heavy atom. The highest BCUT2D eigenvalue weighted by atomic mass is 19.1. The predicted octanol–water partition coefficient (Wildman–Crippen LogP) is 3.54. The molecule has 0 aliphatic rings. The molecule has 4 rings (SSSR count). The Bertz CT molecular complexity index is 1270. The van der Waals surface area contributed by atoms with Crippen molar-refractivity contribution in [2.45, 2.75) is 13.5 Å². The van der Waals surface area contributed by atoms with Crippen LogP contribution in [0.15, 0.2) is 71.7 Å². The zero-order valence-electron chi connectivity index (χ0n) is 15.6. The summed E-state index contributed by atoms with van der Waals surface area (Å²) in [6.07, 6.45) is 1.58. The number of carbonyl (C=O) groups is 1. The lowest BCUT2D eigenvalue weighted by Crippen LogP contribution is -2.30. The molecule has 144 valence electrons. The molecule has 1 aromatic carbocycles. The summed E-state index contributed by atoms with van der Waals surface area (Å²) < 4.78 is 14.6. The third-order valence-electron chi connectivity index (χ3n) is 4.48. The lowest BCUT2D eigenvalue weighted by molar-refractivity contribution is 0.102. The van der Waals surface area contributed by atoms with Crippen molar-refractivity contribution < 1.29 is 9.18 Å². The van der Waals surface area contributed by atoms with Crippen molar-refractivity contribution in [1.82, 2.24) is 14.5 Å². The van der Waals surface area contributed by atoms with Crippen LogP contribution in [-0.4, -0.2) is 20.4 Å². The average Bonchev–Trinajstić information content (AvgIpc) is 2.71. The van der Waals surface area contributed by atoms with Gasteiger partial charge in [-0.1, -0.05) is 18.2 Å². The summed E-state index contributed by atoms with van der Waals surface area (Å²) in [7, 11) is 0. The highest BCUT2D eigenvalue weighted by Gasteiger charge is 2.17. The van der Waals surface area contributed by atoms with Gasteiger partial charge in [0.15, 0.2) is 0 Å². The van der Waals surface area contributed by atoms with Crippen LogP contribution >= 0.6 is 0 Å². The van der Waals surface area contributed by atoms with Crippen LogP contribution in [-0.2, 0) is 6.54 Å². The summed E-state index contributed by atoms with van der Waals surface area (Å²) in [5.41, 5.74) is 1.42. The van der Waals surface area contributed by atoms with Crippen LogP contribution < -0.4 is 10.9 Å². The fourth-order valence-corrected chi connectivity index (χ4v) is 3.08. The van der Waals surface area contributed by atoms with Gasteiger partial charge in [-0.2, -0.15) is 0 Å². The van der Waals surface area contributed by atoms with E-state index < -0.39 is 11.5 Å². The van der Waals surface area contributed by atoms with Gasteiger partial charge < -0.3 is 5.32 Å². The second-order valence-electron chi connectivity index (χ2n) is 6.61.